The van der Waals surface area contributed by atoms with Gasteiger partial charge in [-0.2, -0.15) is 0 Å². The third-order valence-corrected chi connectivity index (χ3v) is 4.69. The van der Waals surface area contributed by atoms with E-state index in [1.807, 2.05) is 36.1 Å². The molecule has 27 heavy (non-hydrogen) atoms. The van der Waals surface area contributed by atoms with E-state index in [1.54, 1.807) is 17.0 Å². The molecular weight excluding hydrogens is 370 g/mol. The summed E-state index contributed by atoms with van der Waals surface area (Å²) in [6.45, 7) is 3.93. The van der Waals surface area contributed by atoms with Crippen LogP contribution in [0.1, 0.15) is 5.56 Å². The molecule has 2 aromatic rings. The summed E-state index contributed by atoms with van der Waals surface area (Å²) in [6.07, 6.45) is 0. The predicted molar refractivity (Wildman–Crippen MR) is 104 cm³/mol. The first kappa shape index (κ1) is 19.0. The second kappa shape index (κ2) is 8.26. The number of nitro benzene ring substituents is 1. The van der Waals surface area contributed by atoms with Gasteiger partial charge in [0, 0.05) is 37.3 Å². The highest BCUT2D eigenvalue weighted by Crippen LogP contribution is 2.31. The minimum atomic E-state index is -0.436. The first-order valence-electron chi connectivity index (χ1n) is 8.60. The van der Waals surface area contributed by atoms with E-state index in [0.717, 1.165) is 5.56 Å². The van der Waals surface area contributed by atoms with Crippen molar-refractivity contribution in [3.8, 4) is 5.75 Å². The van der Waals surface area contributed by atoms with E-state index in [0.29, 0.717) is 42.6 Å². The summed E-state index contributed by atoms with van der Waals surface area (Å²) >= 11 is 5.87. The molecule has 1 saturated heterocycles. The Morgan fingerprint density at radius 3 is 2.59 bits per heavy atom. The van der Waals surface area contributed by atoms with Gasteiger partial charge in [0.05, 0.1) is 4.92 Å². The molecule has 8 heteroatoms. The normalized spacial score (nSPS) is 14.1. The lowest BCUT2D eigenvalue weighted by Gasteiger charge is -2.35. The number of aryl methyl sites for hydroxylation is 1. The molecule has 0 radical (unpaired) electrons. The van der Waals surface area contributed by atoms with Gasteiger partial charge in [-0.1, -0.05) is 23.7 Å². The SMILES string of the molecule is Cc1cccc(OCC(=O)N2CCN(c3ccc(Cl)cc3[N+](=O)[O-])CC2)c1. The van der Waals surface area contributed by atoms with Crippen molar-refractivity contribution in [1.29, 1.82) is 0 Å². The number of amides is 1. The molecule has 0 aliphatic carbocycles. The largest absolute Gasteiger partial charge is 0.484 e. The van der Waals surface area contributed by atoms with Gasteiger partial charge in [0.1, 0.15) is 11.4 Å². The molecule has 1 aliphatic rings. The second-order valence-corrected chi connectivity index (χ2v) is 6.80. The number of hydrogen-bond acceptors (Lipinski definition) is 5. The maximum Gasteiger partial charge on any atom is 0.294 e. The fourth-order valence-electron chi connectivity index (χ4n) is 3.05. The first-order chi connectivity index (χ1) is 12.9. The average Bonchev–Trinajstić information content (AvgIpc) is 2.66. The standard InChI is InChI=1S/C19H20ClN3O4/c1-14-3-2-4-16(11-14)27-13-19(24)22-9-7-21(8-10-22)17-6-5-15(20)12-18(17)23(25)26/h2-6,11-12H,7-10,13H2,1H3. The minimum absolute atomic E-state index is 0.0231. The molecule has 3 rings (SSSR count). The molecule has 0 spiro atoms. The van der Waals surface area contributed by atoms with E-state index in [1.165, 1.54) is 6.07 Å². The van der Waals surface area contributed by atoms with Gasteiger partial charge in [-0.3, -0.25) is 14.9 Å². The number of nitrogens with zero attached hydrogens (tertiary/aromatic N) is 3. The Morgan fingerprint density at radius 1 is 1.19 bits per heavy atom. The third kappa shape index (κ3) is 4.68. The molecule has 1 heterocycles. The Morgan fingerprint density at radius 2 is 1.93 bits per heavy atom. The van der Waals surface area contributed by atoms with Crippen molar-refractivity contribution in [2.75, 3.05) is 37.7 Å². The van der Waals surface area contributed by atoms with Crippen LogP contribution < -0.4 is 9.64 Å². The molecule has 0 aromatic heterocycles. The van der Waals surface area contributed by atoms with Gasteiger partial charge in [0.25, 0.3) is 11.6 Å². The lowest BCUT2D eigenvalue weighted by Crippen LogP contribution is -2.50. The highest BCUT2D eigenvalue weighted by atomic mass is 35.5. The van der Waals surface area contributed by atoms with Gasteiger partial charge >= 0.3 is 0 Å². The van der Waals surface area contributed by atoms with E-state index in [-0.39, 0.29) is 18.2 Å². The zero-order valence-corrected chi connectivity index (χ0v) is 15.7. The van der Waals surface area contributed by atoms with Crippen LogP contribution in [0.25, 0.3) is 0 Å². The van der Waals surface area contributed by atoms with Crippen LogP contribution in [-0.2, 0) is 4.79 Å². The van der Waals surface area contributed by atoms with E-state index >= 15 is 0 Å². The number of carbonyl (C=O) groups is 1. The molecule has 2 aromatic carbocycles. The average molecular weight is 390 g/mol. The smallest absolute Gasteiger partial charge is 0.294 e. The Bertz CT molecular complexity index is 851. The van der Waals surface area contributed by atoms with E-state index in [9.17, 15) is 14.9 Å². The number of hydrogen-bond donors (Lipinski definition) is 0. The lowest BCUT2D eigenvalue weighted by atomic mass is 10.2. The van der Waals surface area contributed by atoms with Crippen molar-refractivity contribution in [3.63, 3.8) is 0 Å². The summed E-state index contributed by atoms with van der Waals surface area (Å²) in [7, 11) is 0. The van der Waals surface area contributed by atoms with Gasteiger partial charge in [-0.25, -0.2) is 0 Å². The van der Waals surface area contributed by atoms with Gasteiger partial charge < -0.3 is 14.5 Å². The number of benzene rings is 2. The summed E-state index contributed by atoms with van der Waals surface area (Å²) in [5.41, 5.74) is 1.57. The molecule has 7 nitrogen and oxygen atoms in total. The fraction of sp³-hybridized carbons (Fsp3) is 0.316. The van der Waals surface area contributed by atoms with Crippen LogP contribution in [0.4, 0.5) is 11.4 Å². The van der Waals surface area contributed by atoms with Crippen LogP contribution in [0.2, 0.25) is 5.02 Å². The number of rotatable bonds is 5. The topological polar surface area (TPSA) is 75.9 Å². The number of ether oxygens (including phenoxy) is 1. The fourth-order valence-corrected chi connectivity index (χ4v) is 3.21. The zero-order chi connectivity index (χ0) is 19.4. The van der Waals surface area contributed by atoms with Crippen LogP contribution in [0.15, 0.2) is 42.5 Å². The molecule has 0 saturated carbocycles. The molecule has 0 bridgehead atoms. The van der Waals surface area contributed by atoms with Crippen molar-refractivity contribution >= 4 is 28.9 Å². The molecule has 0 N–H and O–H groups in total. The summed E-state index contributed by atoms with van der Waals surface area (Å²) in [6, 6.07) is 12.2. The van der Waals surface area contributed by atoms with Crippen molar-refractivity contribution in [2.24, 2.45) is 0 Å². The lowest BCUT2D eigenvalue weighted by molar-refractivity contribution is -0.384. The Kier molecular flexibility index (Phi) is 5.81. The van der Waals surface area contributed by atoms with Crippen molar-refractivity contribution in [3.05, 3.63) is 63.2 Å². The van der Waals surface area contributed by atoms with Crippen LogP contribution in [-0.4, -0.2) is 48.5 Å². The van der Waals surface area contributed by atoms with Crippen LogP contribution in [0.5, 0.6) is 5.75 Å². The van der Waals surface area contributed by atoms with E-state index in [4.69, 9.17) is 16.3 Å². The van der Waals surface area contributed by atoms with E-state index < -0.39 is 4.92 Å². The molecule has 1 aliphatic heterocycles. The van der Waals surface area contributed by atoms with Crippen LogP contribution >= 0.6 is 11.6 Å². The Hall–Kier alpha value is -2.80. The molecule has 142 valence electrons. The predicted octanol–water partition coefficient (Wildman–Crippen LogP) is 3.28. The van der Waals surface area contributed by atoms with Crippen LogP contribution in [0.3, 0.4) is 0 Å². The third-order valence-electron chi connectivity index (χ3n) is 4.46. The first-order valence-corrected chi connectivity index (χ1v) is 8.98. The Balaban J connectivity index is 1.57. The second-order valence-electron chi connectivity index (χ2n) is 6.36. The monoisotopic (exact) mass is 389 g/mol. The summed E-state index contributed by atoms with van der Waals surface area (Å²) in [4.78, 5) is 26.8. The molecule has 1 fully saturated rings. The molecule has 0 unspecified atom stereocenters. The maximum atomic E-state index is 12.4. The maximum absolute atomic E-state index is 12.4. The van der Waals surface area contributed by atoms with Gasteiger partial charge in [-0.05, 0) is 36.8 Å². The van der Waals surface area contributed by atoms with Crippen LogP contribution in [0, 0.1) is 17.0 Å². The zero-order valence-electron chi connectivity index (χ0n) is 14.9. The van der Waals surface area contributed by atoms with E-state index in [2.05, 4.69) is 0 Å². The van der Waals surface area contributed by atoms with Crippen molar-refractivity contribution in [1.82, 2.24) is 4.90 Å². The summed E-state index contributed by atoms with van der Waals surface area (Å²) < 4.78 is 5.57. The van der Waals surface area contributed by atoms with Crippen molar-refractivity contribution in [2.45, 2.75) is 6.92 Å². The van der Waals surface area contributed by atoms with Crippen molar-refractivity contribution < 1.29 is 14.5 Å². The molecule has 1 amide bonds. The number of carbonyl (C=O) groups excluding carboxylic acids is 1. The summed E-state index contributed by atoms with van der Waals surface area (Å²) in [5.74, 6) is 0.570. The molecule has 0 atom stereocenters. The van der Waals surface area contributed by atoms with Gasteiger partial charge in [-0.15, -0.1) is 0 Å². The molecular formula is C19H20ClN3O4. The van der Waals surface area contributed by atoms with Gasteiger partial charge in [0.2, 0.25) is 0 Å². The summed E-state index contributed by atoms with van der Waals surface area (Å²) in [5, 5.41) is 11.6. The quantitative estimate of drug-likeness (QED) is 0.579. The highest BCUT2D eigenvalue weighted by Gasteiger charge is 2.26. The van der Waals surface area contributed by atoms with Gasteiger partial charge in [0.15, 0.2) is 6.61 Å². The highest BCUT2D eigenvalue weighted by molar-refractivity contribution is 6.30. The number of piperazine rings is 1. The Labute approximate surface area is 162 Å². The number of halogens is 1. The number of anilines is 1. The number of nitro groups is 1. The minimum Gasteiger partial charge on any atom is -0.484 e.